The van der Waals surface area contributed by atoms with Crippen molar-refractivity contribution >= 4 is 17.7 Å². The van der Waals surface area contributed by atoms with Crippen LogP contribution in [0.1, 0.15) is 18.9 Å². The standard InChI is InChI=1S/C12H16O3S/c1-4-12(14,11(13)15-2)9-7-5-6-8-10(9)16-3/h5-8,14H,4H2,1-3H3/t12-/m1/s1. The summed E-state index contributed by atoms with van der Waals surface area (Å²) >= 11 is 1.50. The number of carbonyl (C=O) groups excluding carboxylic acids is 1. The molecule has 0 heterocycles. The highest BCUT2D eigenvalue weighted by atomic mass is 32.2. The molecule has 88 valence electrons. The summed E-state index contributed by atoms with van der Waals surface area (Å²) in [6.07, 6.45) is 2.20. The van der Waals surface area contributed by atoms with E-state index in [0.717, 1.165) is 4.90 Å². The van der Waals surface area contributed by atoms with Gasteiger partial charge in [0.25, 0.3) is 0 Å². The number of methoxy groups -OCH3 is 1. The predicted octanol–water partition coefficient (Wildman–Crippen LogP) is 2.18. The largest absolute Gasteiger partial charge is 0.467 e. The van der Waals surface area contributed by atoms with Gasteiger partial charge < -0.3 is 9.84 Å². The summed E-state index contributed by atoms with van der Waals surface area (Å²) in [6, 6.07) is 7.32. The molecule has 1 aromatic carbocycles. The van der Waals surface area contributed by atoms with Crippen LogP contribution in [0.25, 0.3) is 0 Å². The molecular formula is C12H16O3S. The summed E-state index contributed by atoms with van der Waals surface area (Å²) in [6.45, 7) is 1.76. The first-order valence-corrected chi connectivity index (χ1v) is 6.27. The third kappa shape index (κ3) is 2.23. The molecule has 4 heteroatoms. The Labute approximate surface area is 99.8 Å². The molecule has 0 amide bonds. The maximum atomic E-state index is 11.7. The van der Waals surface area contributed by atoms with E-state index in [1.807, 2.05) is 18.4 Å². The maximum Gasteiger partial charge on any atom is 0.342 e. The van der Waals surface area contributed by atoms with Gasteiger partial charge in [0.05, 0.1) is 7.11 Å². The minimum Gasteiger partial charge on any atom is -0.467 e. The first kappa shape index (κ1) is 13.1. The summed E-state index contributed by atoms with van der Waals surface area (Å²) in [7, 11) is 1.28. The number of aliphatic hydroxyl groups is 1. The molecule has 0 radical (unpaired) electrons. The Morgan fingerprint density at radius 3 is 2.62 bits per heavy atom. The quantitative estimate of drug-likeness (QED) is 0.647. The molecule has 0 aliphatic rings. The number of thioether (sulfide) groups is 1. The second kappa shape index (κ2) is 5.37. The summed E-state index contributed by atoms with van der Waals surface area (Å²) in [4.78, 5) is 12.5. The predicted molar refractivity (Wildman–Crippen MR) is 64.4 cm³/mol. The molecule has 0 saturated heterocycles. The monoisotopic (exact) mass is 240 g/mol. The van der Waals surface area contributed by atoms with Gasteiger partial charge >= 0.3 is 5.97 Å². The van der Waals surface area contributed by atoms with Crippen molar-refractivity contribution in [1.82, 2.24) is 0 Å². The van der Waals surface area contributed by atoms with E-state index < -0.39 is 11.6 Å². The van der Waals surface area contributed by atoms with Gasteiger partial charge in [-0.05, 0) is 18.7 Å². The van der Waals surface area contributed by atoms with Crippen molar-refractivity contribution in [2.75, 3.05) is 13.4 Å². The fourth-order valence-electron chi connectivity index (χ4n) is 1.60. The Hall–Kier alpha value is -1.00. The van der Waals surface area contributed by atoms with E-state index in [2.05, 4.69) is 4.74 Å². The Morgan fingerprint density at radius 1 is 1.50 bits per heavy atom. The van der Waals surface area contributed by atoms with E-state index in [9.17, 15) is 9.90 Å². The van der Waals surface area contributed by atoms with Crippen molar-refractivity contribution in [2.45, 2.75) is 23.8 Å². The van der Waals surface area contributed by atoms with E-state index in [0.29, 0.717) is 5.56 Å². The summed E-state index contributed by atoms with van der Waals surface area (Å²) in [5.74, 6) is -0.614. The topological polar surface area (TPSA) is 46.5 Å². The van der Waals surface area contributed by atoms with Crippen LogP contribution in [-0.4, -0.2) is 24.4 Å². The molecule has 0 unspecified atom stereocenters. The van der Waals surface area contributed by atoms with E-state index in [-0.39, 0.29) is 6.42 Å². The van der Waals surface area contributed by atoms with E-state index in [4.69, 9.17) is 0 Å². The lowest BCUT2D eigenvalue weighted by Gasteiger charge is -2.25. The zero-order valence-corrected chi connectivity index (χ0v) is 10.5. The first-order valence-electron chi connectivity index (χ1n) is 5.04. The lowest BCUT2D eigenvalue weighted by Crippen LogP contribution is -2.36. The third-order valence-electron chi connectivity index (χ3n) is 2.59. The number of ether oxygens (including phenoxy) is 1. The lowest BCUT2D eigenvalue weighted by atomic mass is 9.91. The highest BCUT2D eigenvalue weighted by Gasteiger charge is 2.38. The van der Waals surface area contributed by atoms with Crippen LogP contribution < -0.4 is 0 Å². The summed E-state index contributed by atoms with van der Waals surface area (Å²) in [5.41, 5.74) is -0.939. The van der Waals surface area contributed by atoms with Crippen molar-refractivity contribution < 1.29 is 14.6 Å². The summed E-state index contributed by atoms with van der Waals surface area (Å²) in [5, 5.41) is 10.4. The first-order chi connectivity index (χ1) is 7.60. The van der Waals surface area contributed by atoms with Crippen molar-refractivity contribution in [3.8, 4) is 0 Å². The van der Waals surface area contributed by atoms with Crippen LogP contribution >= 0.6 is 11.8 Å². The Balaban J connectivity index is 3.27. The molecule has 0 fully saturated rings. The number of hydrogen-bond acceptors (Lipinski definition) is 4. The number of rotatable bonds is 4. The van der Waals surface area contributed by atoms with Crippen LogP contribution in [-0.2, 0) is 15.1 Å². The van der Waals surface area contributed by atoms with Crippen LogP contribution in [0.2, 0.25) is 0 Å². The van der Waals surface area contributed by atoms with Gasteiger partial charge in [0.15, 0.2) is 5.60 Å². The fraction of sp³-hybridized carbons (Fsp3) is 0.417. The van der Waals surface area contributed by atoms with Crippen LogP contribution in [0.5, 0.6) is 0 Å². The molecule has 0 bridgehead atoms. The Bertz CT molecular complexity index is 378. The SMILES string of the molecule is CC[C@](O)(C(=O)OC)c1ccccc1SC. The third-order valence-corrected chi connectivity index (χ3v) is 3.38. The van der Waals surface area contributed by atoms with Crippen molar-refractivity contribution in [2.24, 2.45) is 0 Å². The van der Waals surface area contributed by atoms with E-state index >= 15 is 0 Å². The molecule has 0 aromatic heterocycles. The number of carbonyl (C=O) groups is 1. The normalized spacial score (nSPS) is 14.2. The molecule has 16 heavy (non-hydrogen) atoms. The van der Waals surface area contributed by atoms with Gasteiger partial charge in [0.1, 0.15) is 0 Å². The van der Waals surface area contributed by atoms with Crippen LogP contribution in [0, 0.1) is 0 Å². The minimum absolute atomic E-state index is 0.289. The second-order valence-electron chi connectivity index (χ2n) is 3.41. The number of esters is 1. The highest BCUT2D eigenvalue weighted by molar-refractivity contribution is 7.98. The number of hydrogen-bond donors (Lipinski definition) is 1. The molecule has 1 aromatic rings. The lowest BCUT2D eigenvalue weighted by molar-refractivity contribution is -0.164. The molecular weight excluding hydrogens is 224 g/mol. The second-order valence-corrected chi connectivity index (χ2v) is 4.25. The molecule has 0 saturated carbocycles. The smallest absolute Gasteiger partial charge is 0.342 e. The number of benzene rings is 1. The van der Waals surface area contributed by atoms with E-state index in [1.165, 1.54) is 18.9 Å². The van der Waals surface area contributed by atoms with E-state index in [1.54, 1.807) is 19.1 Å². The van der Waals surface area contributed by atoms with Crippen molar-refractivity contribution in [1.29, 1.82) is 0 Å². The van der Waals surface area contributed by atoms with Crippen molar-refractivity contribution in [3.63, 3.8) is 0 Å². The zero-order chi connectivity index (χ0) is 12.2. The summed E-state index contributed by atoms with van der Waals surface area (Å²) < 4.78 is 4.66. The minimum atomic E-state index is -1.55. The molecule has 0 spiro atoms. The van der Waals surface area contributed by atoms with Gasteiger partial charge in [-0.2, -0.15) is 0 Å². The van der Waals surface area contributed by atoms with Gasteiger partial charge in [-0.1, -0.05) is 25.1 Å². The molecule has 0 aliphatic heterocycles. The van der Waals surface area contributed by atoms with Crippen LogP contribution in [0.15, 0.2) is 29.2 Å². The van der Waals surface area contributed by atoms with Crippen LogP contribution in [0.3, 0.4) is 0 Å². The van der Waals surface area contributed by atoms with Gasteiger partial charge in [0, 0.05) is 10.5 Å². The maximum absolute atomic E-state index is 11.7. The Kier molecular flexibility index (Phi) is 4.38. The average molecular weight is 240 g/mol. The Morgan fingerprint density at radius 2 is 2.12 bits per heavy atom. The highest BCUT2D eigenvalue weighted by Crippen LogP contribution is 2.33. The van der Waals surface area contributed by atoms with Crippen LogP contribution in [0.4, 0.5) is 0 Å². The van der Waals surface area contributed by atoms with Gasteiger partial charge in [-0.3, -0.25) is 0 Å². The van der Waals surface area contributed by atoms with Gasteiger partial charge in [-0.25, -0.2) is 4.79 Å². The van der Waals surface area contributed by atoms with Crippen molar-refractivity contribution in [3.05, 3.63) is 29.8 Å². The fourth-order valence-corrected chi connectivity index (χ4v) is 2.27. The molecule has 0 aliphatic carbocycles. The molecule has 1 N–H and O–H groups in total. The van der Waals surface area contributed by atoms with Gasteiger partial charge in [0.2, 0.25) is 0 Å². The van der Waals surface area contributed by atoms with Gasteiger partial charge in [-0.15, -0.1) is 11.8 Å². The molecule has 1 rings (SSSR count). The zero-order valence-electron chi connectivity index (χ0n) is 9.69. The average Bonchev–Trinajstić information content (AvgIpc) is 2.36. The molecule has 1 atom stereocenters. The molecule has 3 nitrogen and oxygen atoms in total.